The van der Waals surface area contributed by atoms with Gasteiger partial charge in [-0.05, 0) is 26.2 Å². The van der Waals surface area contributed by atoms with E-state index in [1.165, 1.54) is 0 Å². The molecule has 1 aliphatic heterocycles. The van der Waals surface area contributed by atoms with Crippen molar-refractivity contribution in [2.75, 3.05) is 13.2 Å². The van der Waals surface area contributed by atoms with Crippen LogP contribution in [0.1, 0.15) is 33.1 Å². The van der Waals surface area contributed by atoms with Gasteiger partial charge in [-0.3, -0.25) is 9.59 Å². The van der Waals surface area contributed by atoms with E-state index in [2.05, 4.69) is 5.32 Å². The molecule has 1 heterocycles. The standard InChI is InChI=1S/C12H21NO4/c1-8(12(15)16)4-3-6-13-11(14)10-5-7-17-9(10)2/h8-10H,3-7H2,1-2H3,(H,13,14)(H,15,16). The molecule has 5 heteroatoms. The molecule has 1 saturated heterocycles. The monoisotopic (exact) mass is 243 g/mol. The molecule has 3 atom stereocenters. The minimum Gasteiger partial charge on any atom is -0.481 e. The minimum absolute atomic E-state index is 0.00653. The molecule has 0 aromatic heterocycles. The van der Waals surface area contributed by atoms with Crippen LogP contribution in [0.15, 0.2) is 0 Å². The number of carbonyl (C=O) groups is 2. The van der Waals surface area contributed by atoms with Gasteiger partial charge in [-0.15, -0.1) is 0 Å². The summed E-state index contributed by atoms with van der Waals surface area (Å²) in [5, 5.41) is 11.5. The molecule has 1 rings (SSSR count). The lowest BCUT2D eigenvalue weighted by Crippen LogP contribution is -2.34. The van der Waals surface area contributed by atoms with Gasteiger partial charge in [0.05, 0.1) is 17.9 Å². The Labute approximate surface area is 102 Å². The van der Waals surface area contributed by atoms with E-state index in [0.29, 0.717) is 26.0 Å². The molecule has 0 radical (unpaired) electrons. The predicted octanol–water partition coefficient (Wildman–Crippen LogP) is 1.03. The van der Waals surface area contributed by atoms with Gasteiger partial charge < -0.3 is 15.2 Å². The summed E-state index contributed by atoms with van der Waals surface area (Å²) in [6.07, 6.45) is 2.06. The van der Waals surface area contributed by atoms with E-state index < -0.39 is 5.97 Å². The molecule has 3 unspecified atom stereocenters. The molecule has 98 valence electrons. The van der Waals surface area contributed by atoms with E-state index in [-0.39, 0.29) is 23.8 Å². The number of rotatable bonds is 6. The fraction of sp³-hybridized carbons (Fsp3) is 0.833. The molecular weight excluding hydrogens is 222 g/mol. The first kappa shape index (κ1) is 14.0. The normalized spacial score (nSPS) is 25.5. The van der Waals surface area contributed by atoms with Crippen LogP contribution in [-0.2, 0) is 14.3 Å². The van der Waals surface area contributed by atoms with Crippen molar-refractivity contribution in [1.82, 2.24) is 5.32 Å². The van der Waals surface area contributed by atoms with Crippen LogP contribution in [0.3, 0.4) is 0 Å². The van der Waals surface area contributed by atoms with Crippen LogP contribution >= 0.6 is 0 Å². The lowest BCUT2D eigenvalue weighted by molar-refractivity contribution is -0.141. The van der Waals surface area contributed by atoms with Gasteiger partial charge in [-0.1, -0.05) is 6.92 Å². The molecule has 0 aromatic rings. The first-order chi connectivity index (χ1) is 8.02. The summed E-state index contributed by atoms with van der Waals surface area (Å²) in [6, 6.07) is 0. The number of aliphatic carboxylic acids is 1. The average Bonchev–Trinajstić information content (AvgIpc) is 2.70. The van der Waals surface area contributed by atoms with E-state index >= 15 is 0 Å². The third-order valence-electron chi connectivity index (χ3n) is 3.25. The maximum atomic E-state index is 11.7. The lowest BCUT2D eigenvalue weighted by atomic mass is 10.0. The van der Waals surface area contributed by atoms with Crippen LogP contribution < -0.4 is 5.32 Å². The molecular formula is C12H21NO4. The molecule has 0 saturated carbocycles. The van der Waals surface area contributed by atoms with Crippen LogP contribution in [0.2, 0.25) is 0 Å². The number of carboxylic acid groups (broad SMARTS) is 1. The maximum Gasteiger partial charge on any atom is 0.306 e. The average molecular weight is 243 g/mol. The summed E-state index contributed by atoms with van der Waals surface area (Å²) in [6.45, 7) is 4.77. The van der Waals surface area contributed by atoms with Crippen molar-refractivity contribution in [2.45, 2.75) is 39.2 Å². The van der Waals surface area contributed by atoms with Crippen molar-refractivity contribution >= 4 is 11.9 Å². The zero-order chi connectivity index (χ0) is 12.8. The molecule has 2 N–H and O–H groups in total. The van der Waals surface area contributed by atoms with Crippen LogP contribution in [0, 0.1) is 11.8 Å². The molecule has 17 heavy (non-hydrogen) atoms. The highest BCUT2D eigenvalue weighted by Gasteiger charge is 2.30. The Morgan fingerprint density at radius 1 is 1.53 bits per heavy atom. The number of nitrogens with one attached hydrogen (secondary N) is 1. The van der Waals surface area contributed by atoms with E-state index in [1.54, 1.807) is 6.92 Å². The van der Waals surface area contributed by atoms with Crippen molar-refractivity contribution in [3.63, 3.8) is 0 Å². The smallest absolute Gasteiger partial charge is 0.306 e. The zero-order valence-corrected chi connectivity index (χ0v) is 10.4. The third-order valence-corrected chi connectivity index (χ3v) is 3.25. The highest BCUT2D eigenvalue weighted by Crippen LogP contribution is 2.20. The van der Waals surface area contributed by atoms with Crippen molar-refractivity contribution in [2.24, 2.45) is 11.8 Å². The first-order valence-corrected chi connectivity index (χ1v) is 6.14. The van der Waals surface area contributed by atoms with Gasteiger partial charge in [0, 0.05) is 13.2 Å². The molecule has 0 spiro atoms. The topological polar surface area (TPSA) is 75.6 Å². The quantitative estimate of drug-likeness (QED) is 0.683. The van der Waals surface area contributed by atoms with Gasteiger partial charge in [-0.25, -0.2) is 0 Å². The summed E-state index contributed by atoms with van der Waals surface area (Å²) in [4.78, 5) is 22.3. The van der Waals surface area contributed by atoms with Crippen LogP contribution in [0.4, 0.5) is 0 Å². The van der Waals surface area contributed by atoms with E-state index in [9.17, 15) is 9.59 Å². The Morgan fingerprint density at radius 2 is 2.24 bits per heavy atom. The van der Waals surface area contributed by atoms with Crippen LogP contribution in [0.25, 0.3) is 0 Å². The number of ether oxygens (including phenoxy) is 1. The Balaban J connectivity index is 2.14. The van der Waals surface area contributed by atoms with Crippen LogP contribution in [0.5, 0.6) is 0 Å². The van der Waals surface area contributed by atoms with Crippen LogP contribution in [-0.4, -0.2) is 36.2 Å². The summed E-state index contributed by atoms with van der Waals surface area (Å²) >= 11 is 0. The van der Waals surface area contributed by atoms with Crippen molar-refractivity contribution in [1.29, 1.82) is 0 Å². The Hall–Kier alpha value is -1.10. The number of hydrogen-bond acceptors (Lipinski definition) is 3. The second kappa shape index (κ2) is 6.59. The summed E-state index contributed by atoms with van der Waals surface area (Å²) in [5.74, 6) is -1.15. The van der Waals surface area contributed by atoms with Gasteiger partial charge in [0.1, 0.15) is 0 Å². The minimum atomic E-state index is -0.783. The van der Waals surface area contributed by atoms with Gasteiger partial charge in [0.2, 0.25) is 5.91 Å². The third kappa shape index (κ3) is 4.34. The number of amides is 1. The SMILES string of the molecule is CC(CCCNC(=O)C1CCOC1C)C(=O)O. The zero-order valence-electron chi connectivity index (χ0n) is 10.4. The van der Waals surface area contributed by atoms with Crippen molar-refractivity contribution in [3.05, 3.63) is 0 Å². The fourth-order valence-electron chi connectivity index (χ4n) is 1.95. The second-order valence-electron chi connectivity index (χ2n) is 4.64. The van der Waals surface area contributed by atoms with Gasteiger partial charge in [-0.2, -0.15) is 0 Å². The molecule has 1 aliphatic rings. The summed E-state index contributed by atoms with van der Waals surface area (Å²) in [7, 11) is 0. The highest BCUT2D eigenvalue weighted by molar-refractivity contribution is 5.79. The van der Waals surface area contributed by atoms with Crippen molar-refractivity contribution < 1.29 is 19.4 Å². The second-order valence-corrected chi connectivity index (χ2v) is 4.64. The Bertz CT molecular complexity index is 280. The number of hydrogen-bond donors (Lipinski definition) is 2. The predicted molar refractivity (Wildman–Crippen MR) is 62.6 cm³/mol. The van der Waals surface area contributed by atoms with E-state index in [4.69, 9.17) is 9.84 Å². The summed E-state index contributed by atoms with van der Waals surface area (Å²) in [5.41, 5.74) is 0. The molecule has 1 amide bonds. The van der Waals surface area contributed by atoms with Gasteiger partial charge in [0.15, 0.2) is 0 Å². The van der Waals surface area contributed by atoms with E-state index in [0.717, 1.165) is 6.42 Å². The molecule has 0 aromatic carbocycles. The summed E-state index contributed by atoms with van der Waals surface area (Å²) < 4.78 is 5.32. The maximum absolute atomic E-state index is 11.7. The highest BCUT2D eigenvalue weighted by atomic mass is 16.5. The molecule has 0 bridgehead atoms. The molecule has 1 fully saturated rings. The Morgan fingerprint density at radius 3 is 2.76 bits per heavy atom. The molecule has 0 aliphatic carbocycles. The van der Waals surface area contributed by atoms with Gasteiger partial charge in [0.25, 0.3) is 0 Å². The number of carboxylic acids is 1. The molecule has 5 nitrogen and oxygen atoms in total. The fourth-order valence-corrected chi connectivity index (χ4v) is 1.95. The first-order valence-electron chi connectivity index (χ1n) is 6.14. The van der Waals surface area contributed by atoms with Crippen molar-refractivity contribution in [3.8, 4) is 0 Å². The Kier molecular flexibility index (Phi) is 5.41. The largest absolute Gasteiger partial charge is 0.481 e. The number of carbonyl (C=O) groups excluding carboxylic acids is 1. The van der Waals surface area contributed by atoms with E-state index in [1.807, 2.05) is 6.92 Å². The van der Waals surface area contributed by atoms with Gasteiger partial charge >= 0.3 is 5.97 Å². The lowest BCUT2D eigenvalue weighted by Gasteiger charge is -2.14.